The zero-order valence-electron chi connectivity index (χ0n) is 30.2. The number of methoxy groups -OCH3 is 1. The summed E-state index contributed by atoms with van der Waals surface area (Å²) in [6.07, 6.45) is 3.31. The van der Waals surface area contributed by atoms with Gasteiger partial charge in [-0.1, -0.05) is 40.7 Å². The SMILES string of the molecule is CCc1c(F)ccc2cc(OCOC)cc(-c3ncc4c(N5CCC[C@@](C)(O)C5)nc(OC[C@H](C)CO[Si](C)(C)C(C)(C)C)nc4c3F)c12. The van der Waals surface area contributed by atoms with Gasteiger partial charge in [-0.2, -0.15) is 9.97 Å². The van der Waals surface area contributed by atoms with Crippen LogP contribution in [0.2, 0.25) is 18.1 Å². The third-order valence-corrected chi connectivity index (χ3v) is 14.2. The summed E-state index contributed by atoms with van der Waals surface area (Å²) in [7, 11) is -0.447. The lowest BCUT2D eigenvalue weighted by Gasteiger charge is -2.38. The highest BCUT2D eigenvalue weighted by Gasteiger charge is 2.37. The van der Waals surface area contributed by atoms with Gasteiger partial charge in [0.1, 0.15) is 28.6 Å². The Kier molecular flexibility index (Phi) is 10.8. The topological polar surface area (TPSA) is 99.1 Å². The fourth-order valence-corrected chi connectivity index (χ4v) is 7.11. The maximum absolute atomic E-state index is 17.0. The van der Waals surface area contributed by atoms with Crippen LogP contribution in [0, 0.1) is 17.6 Å². The molecule has 1 saturated heterocycles. The largest absolute Gasteiger partial charge is 0.468 e. The molecule has 4 aromatic rings. The Balaban J connectivity index is 1.61. The first-order valence-electron chi connectivity index (χ1n) is 17.0. The maximum atomic E-state index is 17.0. The minimum Gasteiger partial charge on any atom is -0.468 e. The van der Waals surface area contributed by atoms with Crippen LogP contribution in [-0.2, 0) is 15.6 Å². The number of piperidine rings is 1. The second kappa shape index (κ2) is 14.4. The van der Waals surface area contributed by atoms with Crippen molar-refractivity contribution in [3.05, 3.63) is 47.7 Å². The van der Waals surface area contributed by atoms with E-state index < -0.39 is 19.7 Å². The van der Waals surface area contributed by atoms with Crippen LogP contribution in [0.15, 0.2) is 30.5 Å². The number of aliphatic hydroxyl groups is 1. The van der Waals surface area contributed by atoms with Gasteiger partial charge in [-0.05, 0) is 78.9 Å². The van der Waals surface area contributed by atoms with Crippen LogP contribution in [0.25, 0.3) is 32.9 Å². The Morgan fingerprint density at radius 2 is 1.86 bits per heavy atom. The van der Waals surface area contributed by atoms with Gasteiger partial charge in [0, 0.05) is 44.5 Å². The number of benzene rings is 2. The number of hydrogen-bond donors (Lipinski definition) is 1. The molecule has 2 aromatic heterocycles. The number of β-amino-alcohol motifs (C(OH)–C–C–N with tert-alkyl or cyclic N) is 1. The van der Waals surface area contributed by atoms with Crippen LogP contribution in [0.3, 0.4) is 0 Å². The highest BCUT2D eigenvalue weighted by atomic mass is 28.4. The van der Waals surface area contributed by atoms with Crippen LogP contribution in [0.5, 0.6) is 11.8 Å². The number of pyridine rings is 1. The fourth-order valence-electron chi connectivity index (χ4n) is 5.98. The number of nitrogens with zero attached hydrogens (tertiary/aromatic N) is 4. The van der Waals surface area contributed by atoms with E-state index in [2.05, 4.69) is 43.8 Å². The van der Waals surface area contributed by atoms with Gasteiger partial charge in [0.15, 0.2) is 20.9 Å². The van der Waals surface area contributed by atoms with E-state index in [1.54, 1.807) is 31.3 Å². The molecular weight excluding hydrogens is 647 g/mol. The molecule has 0 saturated carbocycles. The molecule has 0 radical (unpaired) electrons. The van der Waals surface area contributed by atoms with Crippen molar-refractivity contribution >= 4 is 35.8 Å². The van der Waals surface area contributed by atoms with E-state index in [1.807, 2.05) is 18.7 Å². The summed E-state index contributed by atoms with van der Waals surface area (Å²) in [5.74, 6) is -0.191. The van der Waals surface area contributed by atoms with Crippen molar-refractivity contribution in [1.29, 1.82) is 0 Å². The molecule has 1 aliphatic heterocycles. The number of fused-ring (bicyclic) bond motifs is 2. The van der Waals surface area contributed by atoms with Crippen LogP contribution in [0.4, 0.5) is 14.6 Å². The smallest absolute Gasteiger partial charge is 0.319 e. The first-order valence-corrected chi connectivity index (χ1v) is 19.9. The van der Waals surface area contributed by atoms with E-state index in [1.165, 1.54) is 13.2 Å². The van der Waals surface area contributed by atoms with Crippen molar-refractivity contribution in [1.82, 2.24) is 15.0 Å². The second-order valence-electron chi connectivity index (χ2n) is 15.0. The summed E-state index contributed by atoms with van der Waals surface area (Å²) in [6, 6.07) is 6.51. The lowest BCUT2D eigenvalue weighted by molar-refractivity contribution is 0.0447. The van der Waals surface area contributed by atoms with E-state index >= 15 is 8.78 Å². The minimum atomic E-state index is -1.96. The number of halogens is 2. The van der Waals surface area contributed by atoms with E-state index in [0.717, 1.165) is 6.42 Å². The number of ether oxygens (including phenoxy) is 3. The summed E-state index contributed by atoms with van der Waals surface area (Å²) in [6.45, 7) is 18.4. The van der Waals surface area contributed by atoms with Crippen molar-refractivity contribution in [2.24, 2.45) is 5.92 Å². The van der Waals surface area contributed by atoms with Crippen molar-refractivity contribution in [3.8, 4) is 23.0 Å². The molecule has 1 aliphatic rings. The highest BCUT2D eigenvalue weighted by Crippen LogP contribution is 2.40. The Labute approximate surface area is 289 Å². The van der Waals surface area contributed by atoms with Crippen molar-refractivity contribution in [3.63, 3.8) is 0 Å². The Morgan fingerprint density at radius 3 is 2.53 bits per heavy atom. The van der Waals surface area contributed by atoms with Gasteiger partial charge in [-0.15, -0.1) is 0 Å². The van der Waals surface area contributed by atoms with E-state index in [4.69, 9.17) is 23.6 Å². The number of aryl methyl sites for hydroxylation is 1. The number of hydrogen-bond acceptors (Lipinski definition) is 9. The average molecular weight is 697 g/mol. The molecule has 49 heavy (non-hydrogen) atoms. The summed E-state index contributed by atoms with van der Waals surface area (Å²) >= 11 is 0. The van der Waals surface area contributed by atoms with E-state index in [-0.39, 0.29) is 47.4 Å². The lowest BCUT2D eigenvalue weighted by atomic mass is 9.94. The van der Waals surface area contributed by atoms with E-state index in [9.17, 15) is 5.11 Å². The molecule has 0 amide bonds. The fraction of sp³-hybridized carbons (Fsp3) is 0.541. The van der Waals surface area contributed by atoms with Crippen LogP contribution < -0.4 is 14.4 Å². The Hall–Kier alpha value is -3.45. The molecule has 9 nitrogen and oxygen atoms in total. The number of aromatic nitrogens is 3. The Bertz CT molecular complexity index is 1810. The monoisotopic (exact) mass is 696 g/mol. The van der Waals surface area contributed by atoms with Gasteiger partial charge in [0.25, 0.3) is 0 Å². The van der Waals surface area contributed by atoms with Gasteiger partial charge in [-0.3, -0.25) is 4.98 Å². The van der Waals surface area contributed by atoms with Crippen LogP contribution >= 0.6 is 0 Å². The zero-order valence-corrected chi connectivity index (χ0v) is 31.2. The summed E-state index contributed by atoms with van der Waals surface area (Å²) < 4.78 is 55.5. The quantitative estimate of drug-likeness (QED) is 0.117. The maximum Gasteiger partial charge on any atom is 0.319 e. The van der Waals surface area contributed by atoms with Gasteiger partial charge < -0.3 is 28.6 Å². The molecule has 1 N–H and O–H groups in total. The summed E-state index contributed by atoms with van der Waals surface area (Å²) in [5, 5.41) is 12.6. The third kappa shape index (κ3) is 7.98. The Morgan fingerprint density at radius 1 is 1.10 bits per heavy atom. The van der Waals surface area contributed by atoms with Crippen molar-refractivity contribution < 1.29 is 32.5 Å². The highest BCUT2D eigenvalue weighted by molar-refractivity contribution is 6.74. The molecule has 12 heteroatoms. The predicted octanol–water partition coefficient (Wildman–Crippen LogP) is 8.06. The molecule has 0 unspecified atom stereocenters. The molecule has 0 aliphatic carbocycles. The molecule has 5 rings (SSSR count). The number of rotatable bonds is 12. The zero-order chi connectivity index (χ0) is 35.7. The van der Waals surface area contributed by atoms with Crippen LogP contribution in [0.1, 0.15) is 59.9 Å². The predicted molar refractivity (Wildman–Crippen MR) is 192 cm³/mol. The summed E-state index contributed by atoms with van der Waals surface area (Å²) in [4.78, 5) is 15.9. The molecule has 0 spiro atoms. The molecule has 2 aromatic carbocycles. The normalized spacial score (nSPS) is 17.9. The molecule has 266 valence electrons. The standard InChI is InChI=1S/C37H50F2N4O5Si/c1-10-26-29(38)13-12-24-16-25(47-22-45-7)17-27(30(24)26)32-31(39)33-28(18-40-32)34(43-15-11-14-37(6,44)21-43)42-35(41-33)46-19-23(2)20-48-49(8,9)36(3,4)5/h12-13,16-18,23,44H,10-11,14-15,19-22H2,1-9H3/t23-,37+/m0/s1. The first kappa shape index (κ1) is 36.8. The molecular formula is C37H50F2N4O5Si. The van der Waals surface area contributed by atoms with Gasteiger partial charge in [0.2, 0.25) is 0 Å². The second-order valence-corrected chi connectivity index (χ2v) is 19.8. The average Bonchev–Trinajstić information content (AvgIpc) is 3.04. The third-order valence-electron chi connectivity index (χ3n) is 9.74. The van der Waals surface area contributed by atoms with Gasteiger partial charge in [0.05, 0.1) is 17.6 Å². The molecule has 2 atom stereocenters. The molecule has 0 bridgehead atoms. The van der Waals surface area contributed by atoms with Crippen molar-refractivity contribution in [2.45, 2.75) is 84.5 Å². The van der Waals surface area contributed by atoms with Gasteiger partial charge in [-0.25, -0.2) is 8.78 Å². The van der Waals surface area contributed by atoms with E-state index in [0.29, 0.717) is 71.4 Å². The van der Waals surface area contributed by atoms with Gasteiger partial charge >= 0.3 is 6.01 Å². The van der Waals surface area contributed by atoms with Crippen molar-refractivity contribution in [2.75, 3.05) is 45.1 Å². The molecule has 1 fully saturated rings. The summed E-state index contributed by atoms with van der Waals surface area (Å²) in [5.41, 5.74) is -0.104. The van der Waals surface area contributed by atoms with Crippen LogP contribution in [-0.4, -0.2) is 74.2 Å². The first-order chi connectivity index (χ1) is 23.0. The lowest BCUT2D eigenvalue weighted by Crippen LogP contribution is -2.46. The molecule has 3 heterocycles. The number of anilines is 1. The minimum absolute atomic E-state index is 0.00181.